The Morgan fingerprint density at radius 3 is 3.00 bits per heavy atom. The number of aromatic nitrogens is 1. The van der Waals surface area contributed by atoms with Crippen molar-refractivity contribution in [3.8, 4) is 0 Å². The molecule has 0 fully saturated rings. The first kappa shape index (κ1) is 15.0. The van der Waals surface area contributed by atoms with Gasteiger partial charge in [-0.25, -0.2) is 0 Å². The molecule has 0 aromatic carbocycles. The van der Waals surface area contributed by atoms with E-state index >= 15 is 0 Å². The minimum absolute atomic E-state index is 0. The topological polar surface area (TPSA) is 49.3 Å². The minimum Gasteiger partial charge on any atom is -0.361 e. The van der Waals surface area contributed by atoms with Gasteiger partial charge in [-0.05, 0) is 30.8 Å². The van der Waals surface area contributed by atoms with Gasteiger partial charge in [0.2, 0.25) is 0 Å². The standard InChI is InChI=1S/C10H14N4S.Cu/c1-2-6-12-10(15)14-13-8-9-5-3-4-7-11-9;/h3-5,7-8H,2,6H2,1H3,(H2,12,14,15);/q;+2. The average Bonchev–Trinajstić information content (AvgIpc) is 2.28. The van der Waals surface area contributed by atoms with Crippen LogP contribution in [-0.2, 0) is 17.1 Å². The fraction of sp³-hybridized carbons (Fsp3) is 0.300. The van der Waals surface area contributed by atoms with Crippen LogP contribution in [0.2, 0.25) is 0 Å². The van der Waals surface area contributed by atoms with Gasteiger partial charge < -0.3 is 5.32 Å². The summed E-state index contributed by atoms with van der Waals surface area (Å²) in [4.78, 5) is 4.08. The van der Waals surface area contributed by atoms with Crippen molar-refractivity contribution in [1.29, 1.82) is 0 Å². The molecule has 0 aliphatic carbocycles. The monoisotopic (exact) mass is 285 g/mol. The van der Waals surface area contributed by atoms with Gasteiger partial charge in [0.15, 0.2) is 5.11 Å². The summed E-state index contributed by atoms with van der Waals surface area (Å²) in [6, 6.07) is 5.63. The Labute approximate surface area is 111 Å². The molecule has 1 radical (unpaired) electrons. The molecule has 0 amide bonds. The van der Waals surface area contributed by atoms with Crippen molar-refractivity contribution in [2.45, 2.75) is 13.3 Å². The smallest absolute Gasteiger partial charge is 0.361 e. The summed E-state index contributed by atoms with van der Waals surface area (Å²) in [6.07, 6.45) is 4.38. The summed E-state index contributed by atoms with van der Waals surface area (Å²) >= 11 is 4.98. The van der Waals surface area contributed by atoms with Crippen LogP contribution in [0.15, 0.2) is 29.5 Å². The molecule has 0 saturated carbocycles. The van der Waals surface area contributed by atoms with Gasteiger partial charge in [0, 0.05) is 12.7 Å². The largest absolute Gasteiger partial charge is 2.00 e. The molecule has 1 rings (SSSR count). The van der Waals surface area contributed by atoms with E-state index in [1.807, 2.05) is 18.2 Å². The Morgan fingerprint density at radius 1 is 1.56 bits per heavy atom. The second-order valence-electron chi connectivity index (χ2n) is 2.88. The van der Waals surface area contributed by atoms with Crippen LogP contribution in [0, 0.1) is 0 Å². The second kappa shape index (κ2) is 9.27. The van der Waals surface area contributed by atoms with Crippen LogP contribution >= 0.6 is 12.2 Å². The van der Waals surface area contributed by atoms with E-state index in [4.69, 9.17) is 12.2 Å². The fourth-order valence-corrected chi connectivity index (χ4v) is 1.04. The van der Waals surface area contributed by atoms with Crippen LogP contribution in [-0.4, -0.2) is 22.9 Å². The molecule has 0 atom stereocenters. The van der Waals surface area contributed by atoms with Gasteiger partial charge in [0.1, 0.15) is 0 Å². The summed E-state index contributed by atoms with van der Waals surface area (Å²) in [6.45, 7) is 2.93. The Balaban J connectivity index is 0.00000225. The predicted octanol–water partition coefficient (Wildman–Crippen LogP) is 1.29. The number of hydrogen-bond acceptors (Lipinski definition) is 3. The number of thiocarbonyl (C=S) groups is 1. The first-order valence-corrected chi connectivity index (χ1v) is 5.21. The number of nitrogens with zero attached hydrogens (tertiary/aromatic N) is 2. The van der Waals surface area contributed by atoms with Crippen molar-refractivity contribution < 1.29 is 17.1 Å². The third-order valence-corrected chi connectivity index (χ3v) is 1.82. The van der Waals surface area contributed by atoms with E-state index in [0.717, 1.165) is 18.7 Å². The molecule has 16 heavy (non-hydrogen) atoms. The van der Waals surface area contributed by atoms with Gasteiger partial charge in [-0.2, -0.15) is 5.10 Å². The quantitative estimate of drug-likeness (QED) is 0.379. The number of hydrogen-bond donors (Lipinski definition) is 2. The van der Waals surface area contributed by atoms with Gasteiger partial charge >= 0.3 is 17.1 Å². The van der Waals surface area contributed by atoms with Crippen LogP contribution in [0.3, 0.4) is 0 Å². The van der Waals surface area contributed by atoms with Crippen molar-refractivity contribution in [3.63, 3.8) is 0 Å². The SMILES string of the molecule is CCCNC(=S)NN=Cc1ccccn1.[Cu+2]. The Kier molecular flexibility index (Phi) is 8.71. The van der Waals surface area contributed by atoms with Crippen LogP contribution < -0.4 is 10.7 Å². The van der Waals surface area contributed by atoms with Crippen molar-refractivity contribution in [1.82, 2.24) is 15.7 Å². The maximum absolute atomic E-state index is 4.98. The van der Waals surface area contributed by atoms with Gasteiger partial charge in [0.05, 0.1) is 11.9 Å². The van der Waals surface area contributed by atoms with Crippen molar-refractivity contribution in [2.24, 2.45) is 5.10 Å². The van der Waals surface area contributed by atoms with E-state index < -0.39 is 0 Å². The molecule has 0 unspecified atom stereocenters. The molecule has 0 bridgehead atoms. The van der Waals surface area contributed by atoms with Crippen LogP contribution in [0.1, 0.15) is 19.0 Å². The third kappa shape index (κ3) is 6.50. The van der Waals surface area contributed by atoms with E-state index in [-0.39, 0.29) is 17.1 Å². The average molecular weight is 286 g/mol. The molecule has 4 nitrogen and oxygen atoms in total. The van der Waals surface area contributed by atoms with Crippen LogP contribution in [0.4, 0.5) is 0 Å². The van der Waals surface area contributed by atoms with E-state index in [9.17, 15) is 0 Å². The normalized spacial score (nSPS) is 9.56. The van der Waals surface area contributed by atoms with Gasteiger partial charge in [0.25, 0.3) is 0 Å². The summed E-state index contributed by atoms with van der Waals surface area (Å²) in [7, 11) is 0. The zero-order valence-corrected chi connectivity index (χ0v) is 10.7. The van der Waals surface area contributed by atoms with E-state index in [2.05, 4.69) is 27.8 Å². The van der Waals surface area contributed by atoms with Gasteiger partial charge in [-0.1, -0.05) is 13.0 Å². The molecule has 1 aromatic rings. The molecule has 2 N–H and O–H groups in total. The summed E-state index contributed by atoms with van der Waals surface area (Å²) < 4.78 is 0. The number of nitrogens with one attached hydrogen (secondary N) is 2. The Bertz CT molecular complexity index is 329. The second-order valence-corrected chi connectivity index (χ2v) is 3.29. The number of rotatable bonds is 4. The van der Waals surface area contributed by atoms with E-state index in [0.29, 0.717) is 5.11 Å². The summed E-state index contributed by atoms with van der Waals surface area (Å²) in [5.74, 6) is 0. The molecule has 1 aromatic heterocycles. The molecular formula is C10H14CuN4S+2. The molecule has 89 valence electrons. The molecule has 1 heterocycles. The zero-order valence-electron chi connectivity index (χ0n) is 8.91. The van der Waals surface area contributed by atoms with Crippen molar-refractivity contribution in [3.05, 3.63) is 30.1 Å². The van der Waals surface area contributed by atoms with E-state index in [1.54, 1.807) is 12.4 Å². The minimum atomic E-state index is 0. The van der Waals surface area contributed by atoms with Gasteiger partial charge in [-0.3, -0.25) is 10.4 Å². The molecule has 0 spiro atoms. The molecule has 6 heteroatoms. The zero-order chi connectivity index (χ0) is 10.9. The first-order valence-electron chi connectivity index (χ1n) is 4.81. The summed E-state index contributed by atoms with van der Waals surface area (Å²) in [5, 5.41) is 7.49. The molecule has 0 saturated heterocycles. The van der Waals surface area contributed by atoms with Crippen LogP contribution in [0.25, 0.3) is 0 Å². The molecular weight excluding hydrogens is 272 g/mol. The molecule has 0 aliphatic rings. The summed E-state index contributed by atoms with van der Waals surface area (Å²) in [5.41, 5.74) is 3.51. The maximum atomic E-state index is 4.98. The van der Waals surface area contributed by atoms with Crippen LogP contribution in [0.5, 0.6) is 0 Å². The predicted molar refractivity (Wildman–Crippen MR) is 65.9 cm³/mol. The first-order chi connectivity index (χ1) is 7.33. The number of hydrazone groups is 1. The molecule has 0 aliphatic heterocycles. The Morgan fingerprint density at radius 2 is 2.38 bits per heavy atom. The van der Waals surface area contributed by atoms with Gasteiger partial charge in [-0.15, -0.1) is 0 Å². The Hall–Kier alpha value is -0.971. The fourth-order valence-electron chi connectivity index (χ4n) is 0.887. The third-order valence-electron chi connectivity index (χ3n) is 1.59. The van der Waals surface area contributed by atoms with E-state index in [1.165, 1.54) is 0 Å². The van der Waals surface area contributed by atoms with Crippen molar-refractivity contribution in [2.75, 3.05) is 6.54 Å². The number of pyridine rings is 1. The maximum Gasteiger partial charge on any atom is 2.00 e. The van der Waals surface area contributed by atoms with Crippen molar-refractivity contribution >= 4 is 23.5 Å².